The van der Waals surface area contributed by atoms with Gasteiger partial charge >= 0.3 is 0 Å². The second-order valence-electron chi connectivity index (χ2n) is 3.26. The van der Waals surface area contributed by atoms with Crippen molar-refractivity contribution < 1.29 is 9.53 Å². The van der Waals surface area contributed by atoms with E-state index >= 15 is 0 Å². The highest BCUT2D eigenvalue weighted by molar-refractivity contribution is 5.73. The Morgan fingerprint density at radius 2 is 2.17 bits per heavy atom. The van der Waals surface area contributed by atoms with Gasteiger partial charge in [-0.25, -0.2) is 0 Å². The molecule has 1 rings (SSSR count). The van der Waals surface area contributed by atoms with E-state index in [2.05, 4.69) is 11.7 Å². The van der Waals surface area contributed by atoms with Crippen LogP contribution in [-0.2, 0) is 9.53 Å². The number of hydrogen-bond acceptors (Lipinski definition) is 2. The van der Waals surface area contributed by atoms with Crippen LogP contribution in [0.15, 0.2) is 0 Å². The number of ether oxygens (including phenoxy) is 1. The molecule has 1 aliphatic heterocycles. The van der Waals surface area contributed by atoms with Gasteiger partial charge in [0.2, 0.25) is 5.91 Å². The fraction of sp³-hybridized carbons (Fsp3) is 0.667. The zero-order valence-electron chi connectivity index (χ0n) is 7.70. The number of hydrogen-bond donors (Lipinski definition) is 1. The fourth-order valence-corrected chi connectivity index (χ4v) is 1.26. The Balaban J connectivity index is 2.43. The molecule has 1 heterocycles. The topological polar surface area (TPSA) is 38.3 Å². The summed E-state index contributed by atoms with van der Waals surface area (Å²) in [6, 6.07) is 0.0440. The van der Waals surface area contributed by atoms with E-state index < -0.39 is 0 Å². The van der Waals surface area contributed by atoms with Gasteiger partial charge in [0.25, 0.3) is 0 Å². The zero-order valence-corrected chi connectivity index (χ0v) is 7.70. The summed E-state index contributed by atoms with van der Waals surface area (Å²) >= 11 is 0. The highest BCUT2D eigenvalue weighted by Crippen LogP contribution is 2.20. The van der Waals surface area contributed by atoms with Crippen molar-refractivity contribution in [2.75, 3.05) is 0 Å². The van der Waals surface area contributed by atoms with Crippen LogP contribution < -0.4 is 5.32 Å². The summed E-state index contributed by atoms with van der Waals surface area (Å²) in [4.78, 5) is 10.8. The van der Waals surface area contributed by atoms with E-state index in [4.69, 9.17) is 4.74 Å². The standard InChI is InChI=1S/C9H15NO2/c1-6-4-9(10-8(3)11)7(2)12-5-6/h4-7,9H,1-3H3,(H,10,11)/t6-,7-,9?/m0/s1. The maximum Gasteiger partial charge on any atom is 0.217 e. The first-order valence-corrected chi connectivity index (χ1v) is 4.20. The molecule has 1 saturated heterocycles. The van der Waals surface area contributed by atoms with Crippen molar-refractivity contribution >= 4 is 5.91 Å². The molecule has 0 aromatic rings. The first-order valence-electron chi connectivity index (χ1n) is 4.20. The number of nitrogens with one attached hydrogen (secondary N) is 1. The minimum absolute atomic E-state index is 0.0131. The average Bonchev–Trinajstić information content (AvgIpc) is 1.96. The quantitative estimate of drug-likeness (QED) is 0.633. The van der Waals surface area contributed by atoms with Gasteiger partial charge in [-0.1, -0.05) is 6.92 Å². The normalized spacial score (nSPS) is 36.1. The van der Waals surface area contributed by atoms with Crippen LogP contribution in [0, 0.1) is 18.9 Å². The van der Waals surface area contributed by atoms with E-state index in [0.29, 0.717) is 5.92 Å². The third-order valence-corrected chi connectivity index (χ3v) is 1.89. The van der Waals surface area contributed by atoms with Crippen LogP contribution in [0.2, 0.25) is 0 Å². The van der Waals surface area contributed by atoms with Gasteiger partial charge in [-0.2, -0.15) is 0 Å². The summed E-state index contributed by atoms with van der Waals surface area (Å²) in [7, 11) is 0. The molecule has 0 aromatic carbocycles. The first-order chi connectivity index (χ1) is 5.59. The van der Waals surface area contributed by atoms with Gasteiger partial charge in [0.05, 0.1) is 18.8 Å². The monoisotopic (exact) mass is 169 g/mol. The summed E-state index contributed by atoms with van der Waals surface area (Å²) in [6.45, 7) is 7.28. The summed E-state index contributed by atoms with van der Waals surface area (Å²) in [5.41, 5.74) is 0. The third-order valence-electron chi connectivity index (χ3n) is 1.89. The van der Waals surface area contributed by atoms with Gasteiger partial charge in [-0.3, -0.25) is 4.79 Å². The smallest absolute Gasteiger partial charge is 0.217 e. The third kappa shape index (κ3) is 2.48. The number of amides is 1. The van der Waals surface area contributed by atoms with Crippen LogP contribution >= 0.6 is 0 Å². The lowest BCUT2D eigenvalue weighted by molar-refractivity contribution is -0.120. The molecule has 1 unspecified atom stereocenters. The molecule has 3 nitrogen and oxygen atoms in total. The summed E-state index contributed by atoms with van der Waals surface area (Å²) in [5.74, 6) is 0.291. The van der Waals surface area contributed by atoms with Gasteiger partial charge < -0.3 is 10.1 Å². The minimum atomic E-state index is -0.0131. The van der Waals surface area contributed by atoms with Crippen molar-refractivity contribution in [3.8, 4) is 0 Å². The lowest BCUT2D eigenvalue weighted by atomic mass is 9.96. The highest BCUT2D eigenvalue weighted by Gasteiger charge is 2.27. The summed E-state index contributed by atoms with van der Waals surface area (Å²) in [5, 5.41) is 2.82. The average molecular weight is 169 g/mol. The van der Waals surface area contributed by atoms with Crippen molar-refractivity contribution in [2.45, 2.75) is 32.9 Å². The van der Waals surface area contributed by atoms with Gasteiger partial charge in [0.1, 0.15) is 0 Å². The lowest BCUT2D eigenvalue weighted by Gasteiger charge is -2.32. The van der Waals surface area contributed by atoms with E-state index in [9.17, 15) is 4.79 Å². The zero-order chi connectivity index (χ0) is 9.14. The molecule has 2 radical (unpaired) electrons. The summed E-state index contributed by atoms with van der Waals surface area (Å²) < 4.78 is 5.33. The molecule has 1 amide bonds. The Labute approximate surface area is 73.5 Å². The van der Waals surface area contributed by atoms with Gasteiger partial charge in [0.15, 0.2) is 0 Å². The molecule has 3 atom stereocenters. The van der Waals surface area contributed by atoms with Gasteiger partial charge in [0, 0.05) is 6.92 Å². The molecule has 0 aromatic heterocycles. The molecule has 0 saturated carbocycles. The van der Waals surface area contributed by atoms with E-state index in [1.807, 2.05) is 13.8 Å². The highest BCUT2D eigenvalue weighted by atomic mass is 16.5. The SMILES string of the molecule is CC(=O)NC1[CH][C@H](C)[CH]O[C@H]1C. The lowest BCUT2D eigenvalue weighted by Crippen LogP contribution is -2.46. The molecular formula is C9H15NO2. The predicted molar refractivity (Wildman–Crippen MR) is 45.9 cm³/mol. The molecule has 12 heavy (non-hydrogen) atoms. The molecule has 1 N–H and O–H groups in total. The van der Waals surface area contributed by atoms with Crippen LogP contribution in [0.4, 0.5) is 0 Å². The molecule has 68 valence electrons. The molecule has 1 fully saturated rings. The number of rotatable bonds is 1. The number of carbonyl (C=O) groups excluding carboxylic acids is 1. The van der Waals surface area contributed by atoms with Crippen molar-refractivity contribution in [3.63, 3.8) is 0 Å². The summed E-state index contributed by atoms with van der Waals surface area (Å²) in [6.07, 6.45) is 2.13. The fourth-order valence-electron chi connectivity index (χ4n) is 1.26. The van der Waals surface area contributed by atoms with Crippen LogP contribution in [-0.4, -0.2) is 18.1 Å². The molecule has 0 aliphatic carbocycles. The van der Waals surface area contributed by atoms with E-state index in [1.165, 1.54) is 6.92 Å². The van der Waals surface area contributed by atoms with E-state index in [0.717, 1.165) is 0 Å². The van der Waals surface area contributed by atoms with E-state index in [1.54, 1.807) is 6.61 Å². The Morgan fingerprint density at radius 1 is 1.50 bits per heavy atom. The Bertz CT molecular complexity index is 170. The second kappa shape index (κ2) is 3.90. The Hall–Kier alpha value is -0.570. The Morgan fingerprint density at radius 3 is 2.75 bits per heavy atom. The van der Waals surface area contributed by atoms with Crippen molar-refractivity contribution in [2.24, 2.45) is 5.92 Å². The maximum atomic E-state index is 10.8. The van der Waals surface area contributed by atoms with Crippen molar-refractivity contribution in [3.05, 3.63) is 13.0 Å². The first kappa shape index (κ1) is 9.52. The van der Waals surface area contributed by atoms with Crippen LogP contribution in [0.3, 0.4) is 0 Å². The number of carbonyl (C=O) groups is 1. The van der Waals surface area contributed by atoms with E-state index in [-0.39, 0.29) is 18.1 Å². The van der Waals surface area contributed by atoms with Crippen molar-refractivity contribution in [1.29, 1.82) is 0 Å². The van der Waals surface area contributed by atoms with Gasteiger partial charge in [-0.15, -0.1) is 0 Å². The maximum absolute atomic E-state index is 10.8. The molecule has 0 spiro atoms. The Kier molecular flexibility index (Phi) is 3.09. The van der Waals surface area contributed by atoms with Gasteiger partial charge in [-0.05, 0) is 19.3 Å². The minimum Gasteiger partial charge on any atom is -0.370 e. The van der Waals surface area contributed by atoms with Crippen LogP contribution in [0.5, 0.6) is 0 Å². The molecular weight excluding hydrogens is 154 g/mol. The molecule has 1 aliphatic rings. The van der Waals surface area contributed by atoms with Crippen molar-refractivity contribution in [1.82, 2.24) is 5.32 Å². The second-order valence-corrected chi connectivity index (χ2v) is 3.26. The predicted octanol–water partition coefficient (Wildman–Crippen LogP) is 0.912. The van der Waals surface area contributed by atoms with Crippen LogP contribution in [0.25, 0.3) is 0 Å². The van der Waals surface area contributed by atoms with Crippen LogP contribution in [0.1, 0.15) is 20.8 Å². The largest absolute Gasteiger partial charge is 0.370 e. The molecule has 0 bridgehead atoms. The molecule has 3 heteroatoms.